The summed E-state index contributed by atoms with van der Waals surface area (Å²) in [5, 5.41) is 20.6. The maximum Gasteiger partial charge on any atom is 0.341 e. The number of nitrogens with two attached hydrogens (primary N) is 1. The van der Waals surface area contributed by atoms with Gasteiger partial charge >= 0.3 is 5.97 Å². The Morgan fingerprint density at radius 1 is 1.33 bits per heavy atom. The van der Waals surface area contributed by atoms with E-state index in [2.05, 4.69) is 15.3 Å². The Morgan fingerprint density at radius 3 is 2.41 bits per heavy atom. The van der Waals surface area contributed by atoms with E-state index in [0.29, 0.717) is 13.1 Å². The first-order chi connectivity index (χ1) is 12.7. The highest BCUT2D eigenvalue weighted by Gasteiger charge is 2.16. The molecule has 1 aromatic carbocycles. The Morgan fingerprint density at radius 2 is 1.96 bits per heavy atom. The Bertz CT molecular complexity index is 769. The Hall–Kier alpha value is -3.18. The van der Waals surface area contributed by atoms with E-state index < -0.39 is 5.97 Å². The Balaban J connectivity index is 0.000000309. The molecule has 0 aliphatic rings. The number of hydrogen-bond acceptors (Lipinski definition) is 7. The van der Waals surface area contributed by atoms with Gasteiger partial charge < -0.3 is 20.9 Å². The van der Waals surface area contributed by atoms with Crippen molar-refractivity contribution in [3.8, 4) is 11.8 Å². The van der Waals surface area contributed by atoms with Gasteiger partial charge in [0.25, 0.3) is 0 Å². The van der Waals surface area contributed by atoms with Gasteiger partial charge in [-0.25, -0.2) is 14.8 Å². The number of methoxy groups -OCH3 is 1. The lowest BCUT2D eigenvalue weighted by Gasteiger charge is -2.19. The number of benzene rings is 1. The molecule has 1 heterocycles. The van der Waals surface area contributed by atoms with Crippen molar-refractivity contribution in [1.82, 2.24) is 9.97 Å². The number of carboxylic acids is 1. The predicted molar refractivity (Wildman–Crippen MR) is 103 cm³/mol. The zero-order chi connectivity index (χ0) is 20.4. The van der Waals surface area contributed by atoms with E-state index in [4.69, 9.17) is 20.8 Å². The molecule has 2 aromatic rings. The zero-order valence-electron chi connectivity index (χ0n) is 16.0. The summed E-state index contributed by atoms with van der Waals surface area (Å²) in [6.07, 6.45) is 1.14. The maximum absolute atomic E-state index is 10.9. The SMILES string of the molecule is CC(C)(C)CNc1nc(C#N)ncc1C(=O)O.COc1ccc(CN)cc1. The van der Waals surface area contributed by atoms with Crippen molar-refractivity contribution < 1.29 is 14.6 Å². The lowest BCUT2D eigenvalue weighted by molar-refractivity contribution is 0.0697. The topological polar surface area (TPSA) is 134 Å². The molecule has 0 aliphatic heterocycles. The van der Waals surface area contributed by atoms with Crippen molar-refractivity contribution in [2.24, 2.45) is 11.1 Å². The van der Waals surface area contributed by atoms with Gasteiger partial charge in [-0.05, 0) is 23.1 Å². The lowest BCUT2D eigenvalue weighted by atomic mass is 9.97. The number of nitrogens with one attached hydrogen (secondary N) is 1. The molecular formula is C19H25N5O3. The van der Waals surface area contributed by atoms with Crippen LogP contribution in [0.5, 0.6) is 5.75 Å². The molecule has 0 unspecified atom stereocenters. The van der Waals surface area contributed by atoms with Gasteiger partial charge in [0.2, 0.25) is 5.82 Å². The van der Waals surface area contributed by atoms with E-state index in [0.717, 1.165) is 17.5 Å². The molecule has 8 nitrogen and oxygen atoms in total. The van der Waals surface area contributed by atoms with Gasteiger partial charge in [0, 0.05) is 19.3 Å². The minimum atomic E-state index is -1.12. The van der Waals surface area contributed by atoms with E-state index in [-0.39, 0.29) is 22.6 Å². The minimum Gasteiger partial charge on any atom is -0.497 e. The molecule has 0 atom stereocenters. The second-order valence-corrected chi connectivity index (χ2v) is 6.84. The number of hydrogen-bond donors (Lipinski definition) is 3. The summed E-state index contributed by atoms with van der Waals surface area (Å²) in [4.78, 5) is 18.4. The zero-order valence-corrected chi connectivity index (χ0v) is 16.0. The van der Waals surface area contributed by atoms with Crippen molar-refractivity contribution in [2.45, 2.75) is 27.3 Å². The fourth-order valence-corrected chi connectivity index (χ4v) is 1.84. The third-order valence-electron chi connectivity index (χ3n) is 3.30. The molecule has 2 rings (SSSR count). The van der Waals surface area contributed by atoms with Gasteiger partial charge in [0.1, 0.15) is 23.2 Å². The average Bonchev–Trinajstić information content (AvgIpc) is 2.66. The van der Waals surface area contributed by atoms with Crippen LogP contribution in [0, 0.1) is 16.7 Å². The molecule has 0 bridgehead atoms. The van der Waals surface area contributed by atoms with E-state index in [1.54, 1.807) is 13.2 Å². The number of carboxylic acid groups (broad SMARTS) is 1. The highest BCUT2D eigenvalue weighted by Crippen LogP contribution is 2.17. The van der Waals surface area contributed by atoms with Crippen LogP contribution < -0.4 is 15.8 Å². The molecule has 0 spiro atoms. The molecule has 0 fully saturated rings. The molecule has 0 amide bonds. The predicted octanol–water partition coefficient (Wildman–Crippen LogP) is 2.66. The number of carbonyl (C=O) groups is 1. The summed E-state index contributed by atoms with van der Waals surface area (Å²) in [5.41, 5.74) is 6.47. The first kappa shape index (κ1) is 21.9. The van der Waals surface area contributed by atoms with E-state index in [1.165, 1.54) is 0 Å². The third kappa shape index (κ3) is 7.71. The first-order valence-corrected chi connectivity index (χ1v) is 8.27. The maximum atomic E-state index is 10.9. The van der Waals surface area contributed by atoms with Gasteiger partial charge in [0.15, 0.2) is 0 Å². The standard InChI is InChI=1S/C11H14N4O2.C8H11NO/c1-11(2,3)6-14-9-7(10(16)17)5-13-8(4-12)15-9;1-10-8-4-2-7(6-9)3-5-8/h5H,6H2,1-3H3,(H,16,17)(H,13,14,15);2-5H,6,9H2,1H3. The quantitative estimate of drug-likeness (QED) is 0.730. The van der Waals surface area contributed by atoms with Crippen LogP contribution in [0.15, 0.2) is 30.5 Å². The number of aromatic carboxylic acids is 1. The molecule has 144 valence electrons. The number of nitriles is 1. The van der Waals surface area contributed by atoms with Crippen molar-refractivity contribution in [3.63, 3.8) is 0 Å². The molecule has 0 saturated heterocycles. The highest BCUT2D eigenvalue weighted by atomic mass is 16.5. The van der Waals surface area contributed by atoms with Gasteiger partial charge in [0.05, 0.1) is 7.11 Å². The van der Waals surface area contributed by atoms with Crippen LogP contribution in [0.2, 0.25) is 0 Å². The summed E-state index contributed by atoms with van der Waals surface area (Å²) >= 11 is 0. The number of nitrogens with zero attached hydrogens (tertiary/aromatic N) is 3. The second kappa shape index (κ2) is 10.1. The van der Waals surface area contributed by atoms with Crippen LogP contribution in [0.1, 0.15) is 42.5 Å². The molecule has 0 aliphatic carbocycles. The normalized spacial score (nSPS) is 10.2. The van der Waals surface area contributed by atoms with Crippen molar-refractivity contribution in [3.05, 3.63) is 47.4 Å². The summed E-state index contributed by atoms with van der Waals surface area (Å²) in [6, 6.07) is 9.50. The van der Waals surface area contributed by atoms with Crippen LogP contribution in [0.4, 0.5) is 5.82 Å². The summed E-state index contributed by atoms with van der Waals surface area (Å²) in [5.74, 6) is -0.117. The fourth-order valence-electron chi connectivity index (χ4n) is 1.84. The molecule has 1 aromatic heterocycles. The van der Waals surface area contributed by atoms with Crippen LogP contribution in [0.3, 0.4) is 0 Å². The summed E-state index contributed by atoms with van der Waals surface area (Å²) < 4.78 is 4.97. The second-order valence-electron chi connectivity index (χ2n) is 6.84. The van der Waals surface area contributed by atoms with Crippen molar-refractivity contribution in [1.29, 1.82) is 5.26 Å². The van der Waals surface area contributed by atoms with Gasteiger partial charge in [-0.1, -0.05) is 32.9 Å². The summed E-state index contributed by atoms with van der Waals surface area (Å²) in [7, 11) is 1.65. The molecule has 4 N–H and O–H groups in total. The lowest BCUT2D eigenvalue weighted by Crippen LogP contribution is -2.21. The van der Waals surface area contributed by atoms with Crippen LogP contribution in [-0.2, 0) is 6.54 Å². The smallest absolute Gasteiger partial charge is 0.341 e. The average molecular weight is 371 g/mol. The molecule has 8 heteroatoms. The van der Waals surface area contributed by atoms with Crippen LogP contribution >= 0.6 is 0 Å². The Kier molecular flexibility index (Phi) is 8.17. The summed E-state index contributed by atoms with van der Waals surface area (Å²) in [6.45, 7) is 7.16. The van der Waals surface area contributed by atoms with Crippen molar-refractivity contribution >= 4 is 11.8 Å². The largest absolute Gasteiger partial charge is 0.497 e. The first-order valence-electron chi connectivity index (χ1n) is 8.27. The number of ether oxygens (including phenoxy) is 1. The van der Waals surface area contributed by atoms with Crippen molar-refractivity contribution in [2.75, 3.05) is 19.0 Å². The van der Waals surface area contributed by atoms with E-state index >= 15 is 0 Å². The molecule has 0 radical (unpaired) electrons. The van der Waals surface area contributed by atoms with Gasteiger partial charge in [-0.2, -0.15) is 5.26 Å². The number of aromatic nitrogens is 2. The fraction of sp³-hybridized carbons (Fsp3) is 0.368. The molecule has 0 saturated carbocycles. The minimum absolute atomic E-state index is 0.0203. The third-order valence-corrected chi connectivity index (χ3v) is 3.30. The number of anilines is 1. The van der Waals surface area contributed by atoms with Gasteiger partial charge in [-0.15, -0.1) is 0 Å². The monoisotopic (exact) mass is 371 g/mol. The highest BCUT2D eigenvalue weighted by molar-refractivity contribution is 5.92. The molecule has 27 heavy (non-hydrogen) atoms. The molecular weight excluding hydrogens is 346 g/mol. The van der Waals surface area contributed by atoms with E-state index in [1.807, 2.05) is 45.0 Å². The van der Waals surface area contributed by atoms with Crippen LogP contribution in [0.25, 0.3) is 0 Å². The van der Waals surface area contributed by atoms with Gasteiger partial charge in [-0.3, -0.25) is 0 Å². The Labute approximate surface area is 159 Å². The number of rotatable bonds is 5. The van der Waals surface area contributed by atoms with Crippen LogP contribution in [-0.4, -0.2) is 34.7 Å². The van der Waals surface area contributed by atoms with E-state index in [9.17, 15) is 4.79 Å².